The summed E-state index contributed by atoms with van der Waals surface area (Å²) in [4.78, 5) is 2.44. The van der Waals surface area contributed by atoms with Gasteiger partial charge in [0, 0.05) is 19.7 Å². The van der Waals surface area contributed by atoms with Crippen LogP contribution in [0.3, 0.4) is 0 Å². The second-order valence-corrected chi connectivity index (χ2v) is 6.92. The highest BCUT2D eigenvalue weighted by Gasteiger charge is 2.27. The third-order valence-electron chi connectivity index (χ3n) is 4.56. The summed E-state index contributed by atoms with van der Waals surface area (Å²) in [6.45, 7) is 9.46. The lowest BCUT2D eigenvalue weighted by Gasteiger charge is -2.35. The van der Waals surface area contributed by atoms with Gasteiger partial charge in [0.05, 0.1) is 17.8 Å². The zero-order valence-corrected chi connectivity index (χ0v) is 14.8. The third-order valence-corrected chi connectivity index (χ3v) is 4.56. The Bertz CT molecular complexity index is 619. The molecule has 6 nitrogen and oxygen atoms in total. The van der Waals surface area contributed by atoms with Crippen LogP contribution in [0.25, 0.3) is 5.69 Å². The van der Waals surface area contributed by atoms with Crippen LogP contribution in [-0.4, -0.2) is 50.9 Å². The maximum atomic E-state index is 5.98. The molecular weight excluding hydrogens is 302 g/mol. The fourth-order valence-electron chi connectivity index (χ4n) is 3.13. The first-order valence-corrected chi connectivity index (χ1v) is 8.84. The van der Waals surface area contributed by atoms with Crippen LogP contribution >= 0.6 is 0 Å². The van der Waals surface area contributed by atoms with Gasteiger partial charge in [-0.2, -0.15) is 4.68 Å². The molecule has 2 heterocycles. The van der Waals surface area contributed by atoms with E-state index in [1.807, 2.05) is 35.0 Å². The molecule has 0 N–H and O–H groups in total. The molecule has 1 unspecified atom stereocenters. The molecule has 24 heavy (non-hydrogen) atoms. The number of benzene rings is 1. The summed E-state index contributed by atoms with van der Waals surface area (Å²) in [5.41, 5.74) is 1.000. The summed E-state index contributed by atoms with van der Waals surface area (Å²) in [5.74, 6) is 1.49. The van der Waals surface area contributed by atoms with Crippen molar-refractivity contribution < 1.29 is 4.74 Å². The number of aromatic nitrogens is 4. The minimum absolute atomic E-state index is 0.186. The Hall–Kier alpha value is -1.79. The monoisotopic (exact) mass is 329 g/mol. The third kappa shape index (κ3) is 3.99. The van der Waals surface area contributed by atoms with Crippen molar-refractivity contribution in [2.45, 2.75) is 45.8 Å². The highest BCUT2D eigenvalue weighted by Crippen LogP contribution is 2.25. The molecule has 6 heteroatoms. The molecule has 0 bridgehead atoms. The van der Waals surface area contributed by atoms with E-state index in [2.05, 4.69) is 41.2 Å². The zero-order valence-electron chi connectivity index (χ0n) is 14.8. The fraction of sp³-hybridized carbons (Fsp3) is 0.611. The van der Waals surface area contributed by atoms with E-state index in [0.29, 0.717) is 12.0 Å². The Balaban J connectivity index is 1.62. The molecule has 1 atom stereocenters. The predicted octanol–water partition coefficient (Wildman–Crippen LogP) is 2.86. The van der Waals surface area contributed by atoms with E-state index in [9.17, 15) is 0 Å². The van der Waals surface area contributed by atoms with Gasteiger partial charge in [0.15, 0.2) is 5.82 Å². The Morgan fingerprint density at radius 1 is 1.12 bits per heavy atom. The van der Waals surface area contributed by atoms with Gasteiger partial charge in [-0.3, -0.25) is 4.90 Å². The summed E-state index contributed by atoms with van der Waals surface area (Å²) < 4.78 is 7.82. The number of piperidine rings is 1. The average Bonchev–Trinajstić information content (AvgIpc) is 3.10. The molecule has 130 valence electrons. The van der Waals surface area contributed by atoms with Crippen LogP contribution in [0, 0.1) is 5.92 Å². The van der Waals surface area contributed by atoms with Crippen molar-refractivity contribution in [3.8, 4) is 5.69 Å². The average molecular weight is 329 g/mol. The smallest absolute Gasteiger partial charge is 0.173 e. The molecule has 1 fully saturated rings. The number of tetrazole rings is 1. The fourth-order valence-corrected chi connectivity index (χ4v) is 3.13. The molecule has 0 radical (unpaired) electrons. The van der Waals surface area contributed by atoms with Crippen LogP contribution < -0.4 is 0 Å². The van der Waals surface area contributed by atoms with Crippen molar-refractivity contribution in [3.05, 3.63) is 36.2 Å². The molecule has 0 amide bonds. The molecule has 1 saturated heterocycles. The van der Waals surface area contributed by atoms with E-state index in [1.54, 1.807) is 0 Å². The highest BCUT2D eigenvalue weighted by atomic mass is 16.5. The van der Waals surface area contributed by atoms with E-state index in [-0.39, 0.29) is 6.04 Å². The maximum absolute atomic E-state index is 5.98. The van der Waals surface area contributed by atoms with Crippen molar-refractivity contribution in [2.75, 3.05) is 19.7 Å². The van der Waals surface area contributed by atoms with Crippen LogP contribution in [0.5, 0.6) is 0 Å². The summed E-state index contributed by atoms with van der Waals surface area (Å²) in [6, 6.07) is 10.2. The molecule has 1 aliphatic heterocycles. The van der Waals surface area contributed by atoms with E-state index >= 15 is 0 Å². The van der Waals surface area contributed by atoms with Crippen LogP contribution in [0.1, 0.15) is 45.5 Å². The second-order valence-electron chi connectivity index (χ2n) is 6.92. The molecule has 0 saturated carbocycles. The van der Waals surface area contributed by atoms with Gasteiger partial charge in [0.1, 0.15) is 0 Å². The van der Waals surface area contributed by atoms with Crippen LogP contribution in [-0.2, 0) is 4.74 Å². The Kier molecular flexibility index (Phi) is 5.58. The Labute approximate surface area is 143 Å². The standard InChI is InChI=1S/C18H27N5O/c1-14(2)13-24-17-9-11-22(12-10-17)15(3)18-19-20-21-23(18)16-7-5-4-6-8-16/h4-8,14-15,17H,9-13H2,1-3H3. The van der Waals surface area contributed by atoms with E-state index in [0.717, 1.165) is 44.0 Å². The molecule has 0 aliphatic carbocycles. The molecule has 0 spiro atoms. The molecule has 1 aromatic carbocycles. The molecule has 2 aromatic rings. The lowest BCUT2D eigenvalue weighted by atomic mass is 10.1. The number of likely N-dealkylation sites (tertiary alicyclic amines) is 1. The summed E-state index contributed by atoms with van der Waals surface area (Å²) in [5, 5.41) is 12.3. The van der Waals surface area contributed by atoms with Gasteiger partial charge in [-0.15, -0.1) is 5.10 Å². The quantitative estimate of drug-likeness (QED) is 0.815. The Morgan fingerprint density at radius 3 is 2.50 bits per heavy atom. The number of para-hydroxylation sites is 1. The first kappa shape index (κ1) is 17.0. The van der Waals surface area contributed by atoms with Crippen molar-refractivity contribution in [2.24, 2.45) is 5.92 Å². The van der Waals surface area contributed by atoms with E-state index in [1.165, 1.54) is 0 Å². The number of rotatable bonds is 6. The van der Waals surface area contributed by atoms with Gasteiger partial charge < -0.3 is 4.74 Å². The molecule has 3 rings (SSSR count). The number of nitrogens with zero attached hydrogens (tertiary/aromatic N) is 5. The van der Waals surface area contributed by atoms with Gasteiger partial charge in [0.25, 0.3) is 0 Å². The van der Waals surface area contributed by atoms with Crippen molar-refractivity contribution in [3.63, 3.8) is 0 Å². The van der Waals surface area contributed by atoms with Crippen LogP contribution in [0.2, 0.25) is 0 Å². The first-order chi connectivity index (χ1) is 11.6. The van der Waals surface area contributed by atoms with Crippen LogP contribution in [0.4, 0.5) is 0 Å². The van der Waals surface area contributed by atoms with Crippen molar-refractivity contribution in [1.29, 1.82) is 0 Å². The molecular formula is C18H27N5O. The van der Waals surface area contributed by atoms with Crippen molar-refractivity contribution in [1.82, 2.24) is 25.1 Å². The van der Waals surface area contributed by atoms with E-state index < -0.39 is 0 Å². The minimum atomic E-state index is 0.186. The maximum Gasteiger partial charge on any atom is 0.173 e. The lowest BCUT2D eigenvalue weighted by Crippen LogP contribution is -2.39. The molecule has 1 aliphatic rings. The first-order valence-electron chi connectivity index (χ1n) is 8.84. The molecule has 1 aromatic heterocycles. The van der Waals surface area contributed by atoms with Crippen molar-refractivity contribution >= 4 is 0 Å². The SMILES string of the molecule is CC(C)COC1CCN(C(C)c2nnnn2-c2ccccc2)CC1. The highest BCUT2D eigenvalue weighted by molar-refractivity contribution is 5.30. The number of hydrogen-bond acceptors (Lipinski definition) is 5. The minimum Gasteiger partial charge on any atom is -0.378 e. The second kappa shape index (κ2) is 7.85. The summed E-state index contributed by atoms with van der Waals surface area (Å²) in [7, 11) is 0. The topological polar surface area (TPSA) is 56.1 Å². The number of hydrogen-bond donors (Lipinski definition) is 0. The summed E-state index contributed by atoms with van der Waals surface area (Å²) in [6.07, 6.45) is 2.54. The largest absolute Gasteiger partial charge is 0.378 e. The summed E-state index contributed by atoms with van der Waals surface area (Å²) >= 11 is 0. The van der Waals surface area contributed by atoms with Gasteiger partial charge in [-0.05, 0) is 48.2 Å². The van der Waals surface area contributed by atoms with Gasteiger partial charge in [-0.1, -0.05) is 32.0 Å². The lowest BCUT2D eigenvalue weighted by molar-refractivity contribution is -0.0122. The number of ether oxygens (including phenoxy) is 1. The predicted molar refractivity (Wildman–Crippen MR) is 93.0 cm³/mol. The Morgan fingerprint density at radius 2 is 1.83 bits per heavy atom. The normalized spacial score (nSPS) is 18.2. The van der Waals surface area contributed by atoms with Gasteiger partial charge in [0.2, 0.25) is 0 Å². The van der Waals surface area contributed by atoms with E-state index in [4.69, 9.17) is 4.74 Å². The van der Waals surface area contributed by atoms with Crippen LogP contribution in [0.15, 0.2) is 30.3 Å². The zero-order chi connectivity index (χ0) is 16.9. The van der Waals surface area contributed by atoms with Gasteiger partial charge in [-0.25, -0.2) is 0 Å². The van der Waals surface area contributed by atoms with Gasteiger partial charge >= 0.3 is 0 Å².